The molecule has 1 N–H and O–H groups in total. The number of para-hydroxylation sites is 2. The van der Waals surface area contributed by atoms with E-state index in [0.717, 1.165) is 4.88 Å². The molecule has 0 radical (unpaired) electrons. The first-order valence-corrected chi connectivity index (χ1v) is 9.73. The van der Waals surface area contributed by atoms with Crippen LogP contribution in [-0.2, 0) is 16.1 Å². The van der Waals surface area contributed by atoms with Gasteiger partial charge < -0.3 is 19.4 Å². The van der Waals surface area contributed by atoms with Crippen molar-refractivity contribution in [1.82, 2.24) is 10.3 Å². The lowest BCUT2D eigenvalue weighted by Gasteiger charge is -2.19. The molecule has 2 amide bonds. The van der Waals surface area contributed by atoms with Crippen molar-refractivity contribution >= 4 is 28.8 Å². The summed E-state index contributed by atoms with van der Waals surface area (Å²) < 4.78 is 10.8. The number of hydrogen-bond acceptors (Lipinski definition) is 6. The summed E-state index contributed by atoms with van der Waals surface area (Å²) in [4.78, 5) is 31.9. The van der Waals surface area contributed by atoms with Crippen molar-refractivity contribution in [3.8, 4) is 16.5 Å². The van der Waals surface area contributed by atoms with E-state index in [1.165, 1.54) is 17.6 Å². The SMILES string of the molecule is COc1ccccc1N1CC(C(=O)NCc2coc(-c3cccs3)n2)CC1=O. The number of anilines is 1. The summed E-state index contributed by atoms with van der Waals surface area (Å²) in [5.74, 6) is 0.469. The fourth-order valence-corrected chi connectivity index (χ4v) is 3.85. The molecule has 1 saturated heterocycles. The highest BCUT2D eigenvalue weighted by atomic mass is 32.1. The standard InChI is InChI=1S/C20H19N3O4S/c1-26-16-6-3-2-5-15(16)23-11-13(9-18(23)24)19(25)21-10-14-12-27-20(22-14)17-7-4-8-28-17/h2-8,12-13H,9-11H2,1H3,(H,21,25). The number of rotatable bonds is 6. The van der Waals surface area contributed by atoms with Gasteiger partial charge in [-0.1, -0.05) is 18.2 Å². The molecule has 0 saturated carbocycles. The van der Waals surface area contributed by atoms with Gasteiger partial charge in [0.25, 0.3) is 0 Å². The van der Waals surface area contributed by atoms with Gasteiger partial charge in [-0.15, -0.1) is 11.3 Å². The topological polar surface area (TPSA) is 84.7 Å². The van der Waals surface area contributed by atoms with Crippen LogP contribution in [-0.4, -0.2) is 30.5 Å². The molecule has 3 aromatic rings. The molecule has 1 fully saturated rings. The third kappa shape index (κ3) is 3.63. The van der Waals surface area contributed by atoms with Gasteiger partial charge in [-0.25, -0.2) is 4.98 Å². The maximum absolute atomic E-state index is 12.6. The largest absolute Gasteiger partial charge is 0.495 e. The maximum Gasteiger partial charge on any atom is 0.236 e. The predicted molar refractivity (Wildman–Crippen MR) is 105 cm³/mol. The van der Waals surface area contributed by atoms with E-state index >= 15 is 0 Å². The molecule has 0 bridgehead atoms. The number of benzene rings is 1. The van der Waals surface area contributed by atoms with Gasteiger partial charge >= 0.3 is 0 Å². The average molecular weight is 397 g/mol. The first kappa shape index (κ1) is 18.2. The molecule has 1 unspecified atom stereocenters. The summed E-state index contributed by atoms with van der Waals surface area (Å²) in [5.41, 5.74) is 1.32. The number of carbonyl (C=O) groups is 2. The van der Waals surface area contributed by atoms with Gasteiger partial charge in [0.05, 0.1) is 35.8 Å². The number of oxazole rings is 1. The number of methoxy groups -OCH3 is 1. The van der Waals surface area contributed by atoms with Crippen molar-refractivity contribution in [3.05, 3.63) is 53.7 Å². The first-order chi connectivity index (χ1) is 13.7. The summed E-state index contributed by atoms with van der Waals surface area (Å²) in [5, 5.41) is 4.80. The summed E-state index contributed by atoms with van der Waals surface area (Å²) in [6, 6.07) is 11.2. The Morgan fingerprint density at radius 2 is 2.21 bits per heavy atom. The molecule has 144 valence electrons. The Morgan fingerprint density at radius 3 is 3.00 bits per heavy atom. The van der Waals surface area contributed by atoms with Gasteiger partial charge in [-0.3, -0.25) is 9.59 Å². The Balaban J connectivity index is 1.37. The van der Waals surface area contributed by atoms with Gasteiger partial charge in [-0.05, 0) is 23.6 Å². The zero-order valence-corrected chi connectivity index (χ0v) is 16.1. The minimum atomic E-state index is -0.416. The Morgan fingerprint density at radius 1 is 1.36 bits per heavy atom. The fourth-order valence-electron chi connectivity index (χ4n) is 3.19. The molecular weight excluding hydrogens is 378 g/mol. The van der Waals surface area contributed by atoms with Gasteiger partial charge in [0.2, 0.25) is 17.7 Å². The fraction of sp³-hybridized carbons (Fsp3) is 0.250. The van der Waals surface area contributed by atoms with E-state index in [1.807, 2.05) is 35.7 Å². The van der Waals surface area contributed by atoms with Gasteiger partial charge in [-0.2, -0.15) is 0 Å². The summed E-state index contributed by atoms with van der Waals surface area (Å²) in [6.45, 7) is 0.581. The molecule has 1 aromatic carbocycles. The first-order valence-electron chi connectivity index (χ1n) is 8.85. The number of amides is 2. The zero-order chi connectivity index (χ0) is 19.5. The van der Waals surface area contributed by atoms with Crippen LogP contribution in [0.15, 0.2) is 52.5 Å². The predicted octanol–water partition coefficient (Wildman–Crippen LogP) is 3.08. The molecule has 3 heterocycles. The lowest BCUT2D eigenvalue weighted by atomic mass is 10.1. The molecule has 8 heteroatoms. The van der Waals surface area contributed by atoms with E-state index in [2.05, 4.69) is 10.3 Å². The summed E-state index contributed by atoms with van der Waals surface area (Å²) in [7, 11) is 1.56. The van der Waals surface area contributed by atoms with E-state index in [9.17, 15) is 9.59 Å². The Kier molecular flexibility index (Phi) is 5.12. The highest BCUT2D eigenvalue weighted by Crippen LogP contribution is 2.32. The summed E-state index contributed by atoms with van der Waals surface area (Å²) >= 11 is 1.54. The molecule has 28 heavy (non-hydrogen) atoms. The van der Waals surface area contributed by atoms with Crippen LogP contribution in [0.4, 0.5) is 5.69 Å². The molecule has 1 aliphatic rings. The van der Waals surface area contributed by atoms with Crippen LogP contribution < -0.4 is 15.0 Å². The second kappa shape index (κ2) is 7.85. The monoisotopic (exact) mass is 397 g/mol. The van der Waals surface area contributed by atoms with Crippen molar-refractivity contribution in [1.29, 1.82) is 0 Å². The third-order valence-electron chi connectivity index (χ3n) is 4.60. The second-order valence-electron chi connectivity index (χ2n) is 6.42. The van der Waals surface area contributed by atoms with Crippen LogP contribution in [0.3, 0.4) is 0 Å². The molecule has 1 atom stereocenters. The van der Waals surface area contributed by atoms with Crippen LogP contribution in [0, 0.1) is 5.92 Å². The number of thiophene rings is 1. The molecule has 0 aliphatic carbocycles. The number of nitrogens with one attached hydrogen (secondary N) is 1. The average Bonchev–Trinajstić information content (AvgIpc) is 3.46. The van der Waals surface area contributed by atoms with Crippen LogP contribution >= 0.6 is 11.3 Å². The highest BCUT2D eigenvalue weighted by Gasteiger charge is 2.36. The van der Waals surface area contributed by atoms with Crippen LogP contribution in [0.1, 0.15) is 12.1 Å². The van der Waals surface area contributed by atoms with E-state index in [4.69, 9.17) is 9.15 Å². The van der Waals surface area contributed by atoms with Crippen LogP contribution in [0.25, 0.3) is 10.8 Å². The molecular formula is C20H19N3O4S. The van der Waals surface area contributed by atoms with Crippen LogP contribution in [0.5, 0.6) is 5.75 Å². The van der Waals surface area contributed by atoms with Crippen molar-refractivity contribution < 1.29 is 18.7 Å². The minimum Gasteiger partial charge on any atom is -0.495 e. The van der Waals surface area contributed by atoms with Gasteiger partial charge in [0, 0.05) is 13.0 Å². The highest BCUT2D eigenvalue weighted by molar-refractivity contribution is 7.13. The van der Waals surface area contributed by atoms with Crippen molar-refractivity contribution in [3.63, 3.8) is 0 Å². The van der Waals surface area contributed by atoms with E-state index in [1.54, 1.807) is 18.1 Å². The van der Waals surface area contributed by atoms with E-state index in [0.29, 0.717) is 29.6 Å². The molecule has 0 spiro atoms. The Labute approximate surface area is 165 Å². The summed E-state index contributed by atoms with van der Waals surface area (Å²) in [6.07, 6.45) is 1.71. The molecule has 2 aromatic heterocycles. The number of aromatic nitrogens is 1. The molecule has 7 nitrogen and oxygen atoms in total. The smallest absolute Gasteiger partial charge is 0.236 e. The quantitative estimate of drug-likeness (QED) is 0.691. The van der Waals surface area contributed by atoms with Gasteiger partial charge in [0.1, 0.15) is 12.0 Å². The minimum absolute atomic E-state index is 0.0916. The van der Waals surface area contributed by atoms with E-state index in [-0.39, 0.29) is 24.8 Å². The number of ether oxygens (including phenoxy) is 1. The third-order valence-corrected chi connectivity index (χ3v) is 5.46. The zero-order valence-electron chi connectivity index (χ0n) is 15.3. The Bertz CT molecular complexity index is 983. The number of hydrogen-bond donors (Lipinski definition) is 1. The Hall–Kier alpha value is -3.13. The van der Waals surface area contributed by atoms with E-state index < -0.39 is 5.92 Å². The van der Waals surface area contributed by atoms with Gasteiger partial charge in [0.15, 0.2) is 0 Å². The van der Waals surface area contributed by atoms with Crippen molar-refractivity contribution in [2.75, 3.05) is 18.6 Å². The normalized spacial score (nSPS) is 16.4. The molecule has 4 rings (SSSR count). The lowest BCUT2D eigenvalue weighted by molar-refractivity contribution is -0.126. The molecule has 1 aliphatic heterocycles. The second-order valence-corrected chi connectivity index (χ2v) is 7.36. The number of carbonyl (C=O) groups excluding carboxylic acids is 2. The van der Waals surface area contributed by atoms with Crippen LogP contribution in [0.2, 0.25) is 0 Å². The van der Waals surface area contributed by atoms with Crippen molar-refractivity contribution in [2.45, 2.75) is 13.0 Å². The van der Waals surface area contributed by atoms with Crippen molar-refractivity contribution in [2.24, 2.45) is 5.92 Å². The maximum atomic E-state index is 12.6. The lowest BCUT2D eigenvalue weighted by Crippen LogP contribution is -2.32. The number of nitrogens with zero attached hydrogens (tertiary/aromatic N) is 2.